The van der Waals surface area contributed by atoms with Gasteiger partial charge in [0, 0.05) is 11.1 Å². The summed E-state index contributed by atoms with van der Waals surface area (Å²) in [6.45, 7) is 3.42. The first kappa shape index (κ1) is 19.0. The fraction of sp³-hybridized carbons (Fsp3) is 0.0909. The smallest absolute Gasteiger partial charge is 0.336 e. The molecule has 0 aromatic heterocycles. The first-order valence-corrected chi connectivity index (χ1v) is 8.44. The van der Waals surface area contributed by atoms with Gasteiger partial charge < -0.3 is 20.4 Å². The molecule has 0 heterocycles. The minimum atomic E-state index is -1.20. The average molecular weight is 378 g/mol. The summed E-state index contributed by atoms with van der Waals surface area (Å²) >= 11 is 0. The number of aromatic hydroxyl groups is 2. The largest absolute Gasteiger partial charge is 0.508 e. The predicted molar refractivity (Wildman–Crippen MR) is 104 cm³/mol. The highest BCUT2D eigenvalue weighted by Crippen LogP contribution is 2.41. The van der Waals surface area contributed by atoms with Crippen molar-refractivity contribution in [1.82, 2.24) is 0 Å². The number of rotatable bonds is 4. The third-order valence-electron chi connectivity index (χ3n) is 4.62. The summed E-state index contributed by atoms with van der Waals surface area (Å²) in [5.74, 6) is -2.35. The van der Waals surface area contributed by atoms with Crippen LogP contribution in [0.5, 0.6) is 11.5 Å². The maximum absolute atomic E-state index is 11.9. The standard InChI is InChI=1S/C22H18O6/c1-11-9-13(23)3-5-15(11)19-17(21(25)26)7-8-18(22(27)28)20(19)16-6-4-14(24)10-12(16)2/h3-10,23-24H,1-2H3,(H,25,26)(H,27,28). The Kier molecular flexibility index (Phi) is 4.79. The van der Waals surface area contributed by atoms with Crippen LogP contribution in [0.25, 0.3) is 22.3 Å². The second kappa shape index (κ2) is 7.08. The van der Waals surface area contributed by atoms with Gasteiger partial charge in [-0.05, 0) is 72.5 Å². The van der Waals surface area contributed by atoms with Gasteiger partial charge >= 0.3 is 11.9 Å². The Bertz CT molecular complexity index is 1030. The van der Waals surface area contributed by atoms with Gasteiger partial charge in [-0.1, -0.05) is 12.1 Å². The summed E-state index contributed by atoms with van der Waals surface area (Å²) in [6, 6.07) is 11.5. The van der Waals surface area contributed by atoms with E-state index in [1.54, 1.807) is 26.0 Å². The van der Waals surface area contributed by atoms with E-state index in [0.29, 0.717) is 22.3 Å². The van der Waals surface area contributed by atoms with E-state index in [2.05, 4.69) is 0 Å². The molecule has 0 amide bonds. The van der Waals surface area contributed by atoms with E-state index in [1.807, 2.05) is 0 Å². The number of hydrogen-bond donors (Lipinski definition) is 4. The molecule has 0 atom stereocenters. The first-order chi connectivity index (χ1) is 13.2. The van der Waals surface area contributed by atoms with E-state index < -0.39 is 11.9 Å². The molecule has 6 heteroatoms. The molecule has 3 aromatic rings. The lowest BCUT2D eigenvalue weighted by molar-refractivity contribution is 0.0682. The van der Waals surface area contributed by atoms with Gasteiger partial charge in [-0.2, -0.15) is 0 Å². The van der Waals surface area contributed by atoms with E-state index in [9.17, 15) is 30.0 Å². The lowest BCUT2D eigenvalue weighted by Gasteiger charge is -2.19. The number of phenols is 2. The highest BCUT2D eigenvalue weighted by Gasteiger charge is 2.25. The number of aryl methyl sites for hydroxylation is 2. The van der Waals surface area contributed by atoms with Crippen LogP contribution in [0, 0.1) is 13.8 Å². The third kappa shape index (κ3) is 3.27. The van der Waals surface area contributed by atoms with Crippen molar-refractivity contribution in [2.24, 2.45) is 0 Å². The van der Waals surface area contributed by atoms with Crippen LogP contribution in [-0.4, -0.2) is 32.4 Å². The molecule has 4 N–H and O–H groups in total. The first-order valence-electron chi connectivity index (χ1n) is 8.44. The molecule has 0 unspecified atom stereocenters. The molecule has 28 heavy (non-hydrogen) atoms. The number of hydrogen-bond acceptors (Lipinski definition) is 4. The Hall–Kier alpha value is -3.80. The maximum atomic E-state index is 11.9. The summed E-state index contributed by atoms with van der Waals surface area (Å²) < 4.78 is 0. The minimum Gasteiger partial charge on any atom is -0.508 e. The van der Waals surface area contributed by atoms with Crippen LogP contribution >= 0.6 is 0 Å². The van der Waals surface area contributed by atoms with Gasteiger partial charge in [-0.25, -0.2) is 9.59 Å². The van der Waals surface area contributed by atoms with Gasteiger partial charge in [-0.15, -0.1) is 0 Å². The van der Waals surface area contributed by atoms with E-state index in [0.717, 1.165) is 0 Å². The topological polar surface area (TPSA) is 115 Å². The molecular weight excluding hydrogens is 360 g/mol. The van der Waals surface area contributed by atoms with Crippen molar-refractivity contribution in [3.8, 4) is 33.8 Å². The number of carboxylic acids is 2. The van der Waals surface area contributed by atoms with Crippen LogP contribution in [0.2, 0.25) is 0 Å². The zero-order chi connectivity index (χ0) is 20.6. The summed E-state index contributed by atoms with van der Waals surface area (Å²) in [5, 5.41) is 39.0. The Labute approximate surface area is 161 Å². The van der Waals surface area contributed by atoms with Crippen molar-refractivity contribution in [3.05, 3.63) is 70.8 Å². The quantitative estimate of drug-likeness (QED) is 0.533. The third-order valence-corrected chi connectivity index (χ3v) is 4.62. The normalized spacial score (nSPS) is 10.6. The zero-order valence-corrected chi connectivity index (χ0v) is 15.2. The van der Waals surface area contributed by atoms with Gasteiger partial charge in [0.05, 0.1) is 11.1 Å². The molecular formula is C22H18O6. The van der Waals surface area contributed by atoms with Crippen LogP contribution in [0.3, 0.4) is 0 Å². The summed E-state index contributed by atoms with van der Waals surface area (Å²) in [4.78, 5) is 23.9. The monoisotopic (exact) mass is 378 g/mol. The van der Waals surface area contributed by atoms with Crippen LogP contribution in [-0.2, 0) is 0 Å². The highest BCUT2D eigenvalue weighted by atomic mass is 16.4. The number of benzene rings is 3. The lowest BCUT2D eigenvalue weighted by atomic mass is 9.84. The minimum absolute atomic E-state index is 0.0230. The van der Waals surface area contributed by atoms with E-state index in [4.69, 9.17) is 0 Å². The number of aromatic carboxylic acids is 2. The number of phenolic OH excluding ortho intramolecular Hbond substituents is 2. The maximum Gasteiger partial charge on any atom is 0.336 e. The van der Waals surface area contributed by atoms with Crippen LogP contribution < -0.4 is 0 Å². The number of carboxylic acid groups (broad SMARTS) is 2. The SMILES string of the molecule is Cc1cc(O)ccc1-c1c(C(=O)O)ccc(C(=O)O)c1-c1ccc(O)cc1C. The molecule has 0 spiro atoms. The van der Waals surface area contributed by atoms with Crippen molar-refractivity contribution >= 4 is 11.9 Å². The van der Waals surface area contributed by atoms with E-state index in [-0.39, 0.29) is 33.8 Å². The second-order valence-corrected chi connectivity index (χ2v) is 6.52. The highest BCUT2D eigenvalue weighted by molar-refractivity contribution is 6.08. The summed E-state index contributed by atoms with van der Waals surface area (Å²) in [7, 11) is 0. The van der Waals surface area contributed by atoms with Gasteiger partial charge in [0.25, 0.3) is 0 Å². The Balaban J connectivity index is 2.52. The lowest BCUT2D eigenvalue weighted by Crippen LogP contribution is -2.08. The molecule has 0 radical (unpaired) electrons. The zero-order valence-electron chi connectivity index (χ0n) is 15.2. The molecule has 0 aliphatic heterocycles. The van der Waals surface area contributed by atoms with Gasteiger partial charge in [0.1, 0.15) is 11.5 Å². The molecule has 0 bridgehead atoms. The fourth-order valence-corrected chi connectivity index (χ4v) is 3.38. The van der Waals surface area contributed by atoms with Crippen molar-refractivity contribution in [1.29, 1.82) is 0 Å². The summed E-state index contributed by atoms with van der Waals surface area (Å²) in [6.07, 6.45) is 0. The van der Waals surface area contributed by atoms with Crippen LogP contribution in [0.4, 0.5) is 0 Å². The number of carbonyl (C=O) groups is 2. The Morgan fingerprint density at radius 1 is 0.643 bits per heavy atom. The summed E-state index contributed by atoms with van der Waals surface area (Å²) in [5.41, 5.74) is 2.59. The second-order valence-electron chi connectivity index (χ2n) is 6.52. The molecule has 0 aliphatic carbocycles. The van der Waals surface area contributed by atoms with Crippen LogP contribution in [0.15, 0.2) is 48.5 Å². The van der Waals surface area contributed by atoms with E-state index >= 15 is 0 Å². The molecule has 0 saturated carbocycles. The fourth-order valence-electron chi connectivity index (χ4n) is 3.38. The van der Waals surface area contributed by atoms with Gasteiger partial charge in [0.15, 0.2) is 0 Å². The van der Waals surface area contributed by atoms with E-state index in [1.165, 1.54) is 36.4 Å². The van der Waals surface area contributed by atoms with Crippen molar-refractivity contribution in [2.75, 3.05) is 0 Å². The Morgan fingerprint density at radius 2 is 1.00 bits per heavy atom. The molecule has 0 fully saturated rings. The average Bonchev–Trinajstić information content (AvgIpc) is 2.61. The molecule has 0 aliphatic rings. The van der Waals surface area contributed by atoms with Gasteiger partial charge in [-0.3, -0.25) is 0 Å². The predicted octanol–water partition coefficient (Wildman–Crippen LogP) is 4.45. The van der Waals surface area contributed by atoms with Crippen molar-refractivity contribution in [2.45, 2.75) is 13.8 Å². The van der Waals surface area contributed by atoms with Crippen LogP contribution in [0.1, 0.15) is 31.8 Å². The Morgan fingerprint density at radius 3 is 1.29 bits per heavy atom. The molecule has 3 aromatic carbocycles. The molecule has 3 rings (SSSR count). The van der Waals surface area contributed by atoms with Crippen molar-refractivity contribution in [3.63, 3.8) is 0 Å². The molecule has 142 valence electrons. The molecule has 0 saturated heterocycles. The molecule has 6 nitrogen and oxygen atoms in total. The van der Waals surface area contributed by atoms with Gasteiger partial charge in [0.2, 0.25) is 0 Å². The van der Waals surface area contributed by atoms with Crippen molar-refractivity contribution < 1.29 is 30.0 Å².